The van der Waals surface area contributed by atoms with E-state index in [2.05, 4.69) is 15.3 Å². The summed E-state index contributed by atoms with van der Waals surface area (Å²) in [5.74, 6) is 2.17. The summed E-state index contributed by atoms with van der Waals surface area (Å²) in [4.78, 5) is 7.90. The number of nitrogens with one attached hydrogen (secondary N) is 1. The minimum absolute atomic E-state index is 0.283. The third-order valence-corrected chi connectivity index (χ3v) is 2.64. The first-order chi connectivity index (χ1) is 8.83. The molecule has 3 N–H and O–H groups in total. The maximum atomic E-state index is 5.74. The molecule has 1 aliphatic heterocycles. The highest BCUT2D eigenvalue weighted by Crippen LogP contribution is 2.32. The van der Waals surface area contributed by atoms with E-state index in [1.54, 1.807) is 6.20 Å². The van der Waals surface area contributed by atoms with Gasteiger partial charge in [0.25, 0.3) is 0 Å². The lowest BCUT2D eigenvalue weighted by Crippen LogP contribution is -2.04. The molecule has 0 bridgehead atoms. The van der Waals surface area contributed by atoms with Crippen molar-refractivity contribution in [3.63, 3.8) is 0 Å². The summed E-state index contributed by atoms with van der Waals surface area (Å²) in [6.07, 6.45) is 3.02. The van der Waals surface area contributed by atoms with E-state index < -0.39 is 0 Å². The molecule has 1 aromatic heterocycles. The third-order valence-electron chi connectivity index (χ3n) is 2.64. The molecule has 0 atom stereocenters. The van der Waals surface area contributed by atoms with Crippen LogP contribution in [0.1, 0.15) is 5.56 Å². The van der Waals surface area contributed by atoms with Gasteiger partial charge < -0.3 is 20.5 Å². The Hall–Kier alpha value is -2.50. The van der Waals surface area contributed by atoms with Crippen LogP contribution in [0.25, 0.3) is 0 Å². The highest BCUT2D eigenvalue weighted by molar-refractivity contribution is 5.59. The van der Waals surface area contributed by atoms with Crippen molar-refractivity contribution in [2.45, 2.75) is 6.54 Å². The number of hydrogen-bond acceptors (Lipinski definition) is 6. The Morgan fingerprint density at radius 3 is 3.06 bits per heavy atom. The molecule has 2 heterocycles. The monoisotopic (exact) mass is 244 g/mol. The Balaban J connectivity index is 1.72. The lowest BCUT2D eigenvalue weighted by molar-refractivity contribution is 0.174. The molecular formula is C12H12N4O2. The van der Waals surface area contributed by atoms with Crippen molar-refractivity contribution >= 4 is 11.5 Å². The molecule has 6 heteroatoms. The number of aromatic nitrogens is 2. The Bertz CT molecular complexity index is 574. The van der Waals surface area contributed by atoms with Crippen molar-refractivity contribution in [2.24, 2.45) is 0 Å². The lowest BCUT2D eigenvalue weighted by Gasteiger charge is -2.07. The van der Waals surface area contributed by atoms with Crippen LogP contribution >= 0.6 is 0 Å². The van der Waals surface area contributed by atoms with Crippen LogP contribution in [0.4, 0.5) is 11.5 Å². The Morgan fingerprint density at radius 2 is 2.17 bits per heavy atom. The normalized spacial score (nSPS) is 12.4. The van der Waals surface area contributed by atoms with Crippen molar-refractivity contribution in [3.05, 3.63) is 36.3 Å². The number of nitrogen functional groups attached to an aromatic ring is 1. The zero-order valence-corrected chi connectivity index (χ0v) is 9.59. The molecule has 3 rings (SSSR count). The van der Waals surface area contributed by atoms with Crippen LogP contribution in [0.3, 0.4) is 0 Å². The van der Waals surface area contributed by atoms with Gasteiger partial charge in [-0.25, -0.2) is 9.97 Å². The number of benzene rings is 1. The van der Waals surface area contributed by atoms with Crippen LogP contribution in [0.5, 0.6) is 11.5 Å². The minimum atomic E-state index is 0.283. The summed E-state index contributed by atoms with van der Waals surface area (Å²) >= 11 is 0. The minimum Gasteiger partial charge on any atom is -0.454 e. The largest absolute Gasteiger partial charge is 0.454 e. The summed E-state index contributed by atoms with van der Waals surface area (Å²) in [6.45, 7) is 0.892. The van der Waals surface area contributed by atoms with E-state index in [1.807, 2.05) is 18.2 Å². The molecule has 18 heavy (non-hydrogen) atoms. The second-order valence-electron chi connectivity index (χ2n) is 3.87. The van der Waals surface area contributed by atoms with Gasteiger partial charge in [-0.05, 0) is 17.7 Å². The number of nitrogens with two attached hydrogens (primary N) is 1. The van der Waals surface area contributed by atoms with E-state index in [9.17, 15) is 0 Å². The molecule has 6 nitrogen and oxygen atoms in total. The van der Waals surface area contributed by atoms with Gasteiger partial charge >= 0.3 is 0 Å². The van der Waals surface area contributed by atoms with Crippen molar-refractivity contribution in [1.82, 2.24) is 9.97 Å². The molecule has 1 aliphatic rings. The fourth-order valence-electron chi connectivity index (χ4n) is 1.72. The van der Waals surface area contributed by atoms with E-state index in [-0.39, 0.29) is 6.79 Å². The molecule has 0 saturated carbocycles. The number of ether oxygens (including phenoxy) is 2. The molecular weight excluding hydrogens is 232 g/mol. The zero-order valence-electron chi connectivity index (χ0n) is 9.59. The van der Waals surface area contributed by atoms with Crippen LogP contribution in [-0.2, 0) is 6.54 Å². The molecule has 0 aliphatic carbocycles. The maximum absolute atomic E-state index is 5.74. The number of hydrogen-bond donors (Lipinski definition) is 2. The standard InChI is InChI=1S/C12H12N4O2/c13-9-5-14-6-16-12(9)15-4-8-1-2-10-11(3-8)18-7-17-10/h1-3,5-6H,4,7,13H2,(H,14,15,16). The van der Waals surface area contributed by atoms with Gasteiger partial charge in [0, 0.05) is 6.54 Å². The van der Waals surface area contributed by atoms with Crippen LogP contribution in [0, 0.1) is 0 Å². The Kier molecular flexibility index (Phi) is 2.60. The van der Waals surface area contributed by atoms with Crippen LogP contribution in [0.2, 0.25) is 0 Å². The van der Waals surface area contributed by atoms with Crippen LogP contribution < -0.4 is 20.5 Å². The van der Waals surface area contributed by atoms with E-state index in [0.717, 1.165) is 17.1 Å². The second kappa shape index (κ2) is 4.40. The molecule has 1 aromatic carbocycles. The first-order valence-electron chi connectivity index (χ1n) is 5.51. The third kappa shape index (κ3) is 2.00. The lowest BCUT2D eigenvalue weighted by atomic mass is 10.2. The first kappa shape index (κ1) is 10.6. The number of anilines is 2. The highest BCUT2D eigenvalue weighted by atomic mass is 16.7. The quantitative estimate of drug-likeness (QED) is 0.849. The SMILES string of the molecule is Nc1cncnc1NCc1ccc2c(c1)OCO2. The summed E-state index contributed by atoms with van der Waals surface area (Å²) in [5.41, 5.74) is 7.34. The van der Waals surface area contributed by atoms with Gasteiger partial charge in [-0.2, -0.15) is 0 Å². The zero-order chi connectivity index (χ0) is 12.4. The van der Waals surface area contributed by atoms with Gasteiger partial charge in [-0.1, -0.05) is 6.07 Å². The highest BCUT2D eigenvalue weighted by Gasteiger charge is 2.13. The van der Waals surface area contributed by atoms with Gasteiger partial charge in [0.05, 0.1) is 11.9 Å². The molecule has 0 saturated heterocycles. The molecule has 2 aromatic rings. The Labute approximate surface area is 104 Å². The predicted octanol–water partition coefficient (Wildman–Crippen LogP) is 1.40. The summed E-state index contributed by atoms with van der Waals surface area (Å²) in [7, 11) is 0. The first-order valence-corrected chi connectivity index (χ1v) is 5.51. The molecule has 0 unspecified atom stereocenters. The van der Waals surface area contributed by atoms with Gasteiger partial charge in [0.15, 0.2) is 17.3 Å². The number of fused-ring (bicyclic) bond motifs is 1. The summed E-state index contributed by atoms with van der Waals surface area (Å²) in [6, 6.07) is 5.80. The molecule has 92 valence electrons. The average Bonchev–Trinajstić information content (AvgIpc) is 2.85. The Morgan fingerprint density at radius 1 is 1.28 bits per heavy atom. The summed E-state index contributed by atoms with van der Waals surface area (Å²) < 4.78 is 10.6. The van der Waals surface area contributed by atoms with Crippen molar-refractivity contribution in [2.75, 3.05) is 17.8 Å². The van der Waals surface area contributed by atoms with Crippen molar-refractivity contribution < 1.29 is 9.47 Å². The van der Waals surface area contributed by atoms with E-state index in [4.69, 9.17) is 15.2 Å². The van der Waals surface area contributed by atoms with Crippen molar-refractivity contribution in [3.8, 4) is 11.5 Å². The second-order valence-corrected chi connectivity index (χ2v) is 3.87. The topological polar surface area (TPSA) is 82.3 Å². The van der Waals surface area contributed by atoms with Crippen LogP contribution in [0.15, 0.2) is 30.7 Å². The van der Waals surface area contributed by atoms with Gasteiger partial charge in [-0.3, -0.25) is 0 Å². The molecule has 0 radical (unpaired) electrons. The van der Waals surface area contributed by atoms with Crippen molar-refractivity contribution in [1.29, 1.82) is 0 Å². The van der Waals surface area contributed by atoms with Gasteiger partial charge in [0.2, 0.25) is 6.79 Å². The number of rotatable bonds is 3. The van der Waals surface area contributed by atoms with E-state index in [0.29, 0.717) is 18.1 Å². The molecule has 0 amide bonds. The fourth-order valence-corrected chi connectivity index (χ4v) is 1.72. The van der Waals surface area contributed by atoms with E-state index >= 15 is 0 Å². The predicted molar refractivity (Wildman–Crippen MR) is 66.3 cm³/mol. The molecule has 0 spiro atoms. The summed E-state index contributed by atoms with van der Waals surface area (Å²) in [5, 5.41) is 3.15. The molecule has 0 fully saturated rings. The smallest absolute Gasteiger partial charge is 0.231 e. The number of nitrogens with zero attached hydrogens (tertiary/aromatic N) is 2. The maximum Gasteiger partial charge on any atom is 0.231 e. The van der Waals surface area contributed by atoms with Crippen LogP contribution in [-0.4, -0.2) is 16.8 Å². The average molecular weight is 244 g/mol. The van der Waals surface area contributed by atoms with Gasteiger partial charge in [0.1, 0.15) is 6.33 Å². The van der Waals surface area contributed by atoms with E-state index in [1.165, 1.54) is 6.33 Å². The van der Waals surface area contributed by atoms with Gasteiger partial charge in [-0.15, -0.1) is 0 Å². The fraction of sp³-hybridized carbons (Fsp3) is 0.167.